The molecule has 2 aliphatic rings. The third kappa shape index (κ3) is 2.93. The summed E-state index contributed by atoms with van der Waals surface area (Å²) in [5.74, 6) is 0. The van der Waals surface area contributed by atoms with Gasteiger partial charge in [0.05, 0.1) is 16.9 Å². The molecule has 120 valence electrons. The van der Waals surface area contributed by atoms with Crippen LogP contribution in [-0.2, 0) is 15.5 Å². The minimum absolute atomic E-state index is 0.0322. The summed E-state index contributed by atoms with van der Waals surface area (Å²) >= 11 is 0. The van der Waals surface area contributed by atoms with Crippen molar-refractivity contribution in [2.24, 2.45) is 0 Å². The van der Waals surface area contributed by atoms with Gasteiger partial charge in [0.25, 0.3) is 0 Å². The van der Waals surface area contributed by atoms with E-state index in [2.05, 4.69) is 19.9 Å². The second-order valence-electron chi connectivity index (χ2n) is 6.35. The number of rotatable bonds is 4. The Morgan fingerprint density at radius 1 is 1.27 bits per heavy atom. The van der Waals surface area contributed by atoms with Crippen molar-refractivity contribution in [2.75, 3.05) is 0 Å². The first-order valence-electron chi connectivity index (χ1n) is 8.54. The Labute approximate surface area is 136 Å². The van der Waals surface area contributed by atoms with Crippen LogP contribution in [0.25, 0.3) is 0 Å². The van der Waals surface area contributed by atoms with Gasteiger partial charge in [0, 0.05) is 10.1 Å². The lowest BCUT2D eigenvalue weighted by molar-refractivity contribution is 0.309. The fourth-order valence-corrected chi connectivity index (χ4v) is 5.34. The highest BCUT2D eigenvalue weighted by Crippen LogP contribution is 2.51. The molecular formula is C19H26O2S. The maximum Gasteiger partial charge on any atom is 0.116 e. The van der Waals surface area contributed by atoms with Gasteiger partial charge in [-0.15, -0.1) is 0 Å². The molecule has 22 heavy (non-hydrogen) atoms. The SMILES string of the molecule is CC/C=C1\C[C@@H](S(=O)c2ccccc2)CCC[C@@H]2O[C@]12CC. The zero-order valence-corrected chi connectivity index (χ0v) is 14.4. The van der Waals surface area contributed by atoms with E-state index in [0.29, 0.717) is 6.10 Å². The summed E-state index contributed by atoms with van der Waals surface area (Å²) < 4.78 is 19.1. The molecule has 0 bridgehead atoms. The molecule has 2 nitrogen and oxygen atoms in total. The molecule has 0 aromatic heterocycles. The summed E-state index contributed by atoms with van der Waals surface area (Å²) in [6.07, 6.45) is 8.96. The smallest absolute Gasteiger partial charge is 0.116 e. The maximum absolute atomic E-state index is 13.0. The molecule has 1 aliphatic carbocycles. The number of ether oxygens (including phenoxy) is 1. The average molecular weight is 318 g/mol. The number of hydrogen-bond donors (Lipinski definition) is 0. The monoisotopic (exact) mass is 318 g/mol. The van der Waals surface area contributed by atoms with Gasteiger partial charge in [-0.25, -0.2) is 0 Å². The third-order valence-electron chi connectivity index (χ3n) is 5.05. The van der Waals surface area contributed by atoms with Crippen LogP contribution in [0.4, 0.5) is 0 Å². The highest BCUT2D eigenvalue weighted by molar-refractivity contribution is 7.85. The molecule has 1 unspecified atom stereocenters. The molecular weight excluding hydrogens is 292 g/mol. The molecule has 1 saturated carbocycles. The predicted molar refractivity (Wildman–Crippen MR) is 91.4 cm³/mol. The Hall–Kier alpha value is -0.930. The van der Waals surface area contributed by atoms with E-state index < -0.39 is 10.8 Å². The summed E-state index contributed by atoms with van der Waals surface area (Å²) in [6.45, 7) is 4.39. The second-order valence-corrected chi connectivity index (χ2v) is 8.09. The van der Waals surface area contributed by atoms with Crippen molar-refractivity contribution < 1.29 is 8.95 Å². The summed E-state index contributed by atoms with van der Waals surface area (Å²) in [5, 5.41) is 0.216. The highest BCUT2D eigenvalue weighted by Gasteiger charge is 2.57. The molecule has 0 spiro atoms. The molecule has 4 atom stereocenters. The molecule has 1 aliphatic heterocycles. The Morgan fingerprint density at radius 2 is 2.05 bits per heavy atom. The van der Waals surface area contributed by atoms with Crippen molar-refractivity contribution in [3.8, 4) is 0 Å². The van der Waals surface area contributed by atoms with Crippen molar-refractivity contribution in [3.63, 3.8) is 0 Å². The largest absolute Gasteiger partial charge is 0.361 e. The van der Waals surface area contributed by atoms with E-state index in [1.54, 1.807) is 0 Å². The Balaban J connectivity index is 1.84. The van der Waals surface area contributed by atoms with Gasteiger partial charge in [-0.2, -0.15) is 0 Å². The van der Waals surface area contributed by atoms with Crippen LogP contribution in [-0.4, -0.2) is 21.2 Å². The van der Waals surface area contributed by atoms with Crippen molar-refractivity contribution >= 4 is 10.8 Å². The van der Waals surface area contributed by atoms with E-state index in [-0.39, 0.29) is 10.9 Å². The van der Waals surface area contributed by atoms with Gasteiger partial charge in [0.15, 0.2) is 0 Å². The zero-order valence-electron chi connectivity index (χ0n) is 13.6. The van der Waals surface area contributed by atoms with Crippen LogP contribution >= 0.6 is 0 Å². The molecule has 1 heterocycles. The van der Waals surface area contributed by atoms with E-state index in [9.17, 15) is 4.21 Å². The van der Waals surface area contributed by atoms with Crippen molar-refractivity contribution in [1.29, 1.82) is 0 Å². The Kier molecular flexibility index (Phi) is 4.84. The summed E-state index contributed by atoms with van der Waals surface area (Å²) in [7, 11) is -0.926. The van der Waals surface area contributed by atoms with Crippen LogP contribution in [0.2, 0.25) is 0 Å². The third-order valence-corrected chi connectivity index (χ3v) is 6.80. The lowest BCUT2D eigenvalue weighted by Gasteiger charge is -2.24. The standard InChI is InChI=1S/C19H26O2S/c1-3-9-15-14-17(22(20)16-10-6-5-7-11-16)12-8-13-18-19(15,4-2)21-18/h5-7,9-11,17-18H,3-4,8,12-14H2,1-2H3/b15-9+/t17-,18-,19+,22?/m0/s1. The zero-order chi connectivity index (χ0) is 15.6. The van der Waals surface area contributed by atoms with Crippen molar-refractivity contribution in [3.05, 3.63) is 42.0 Å². The van der Waals surface area contributed by atoms with Gasteiger partial charge in [0.1, 0.15) is 5.60 Å². The molecule has 3 rings (SSSR count). The van der Waals surface area contributed by atoms with E-state index >= 15 is 0 Å². The lowest BCUT2D eigenvalue weighted by atomic mass is 9.84. The first kappa shape index (κ1) is 15.9. The van der Waals surface area contributed by atoms with E-state index in [1.807, 2.05) is 30.3 Å². The quantitative estimate of drug-likeness (QED) is 0.599. The lowest BCUT2D eigenvalue weighted by Crippen LogP contribution is -2.27. The van der Waals surface area contributed by atoms with Gasteiger partial charge in [-0.1, -0.05) is 38.1 Å². The first-order valence-corrected chi connectivity index (χ1v) is 9.75. The molecule has 3 heteroatoms. The average Bonchev–Trinajstić information content (AvgIpc) is 3.25. The molecule has 0 amide bonds. The number of allylic oxidation sites excluding steroid dienone is 1. The van der Waals surface area contributed by atoms with Crippen LogP contribution in [0.3, 0.4) is 0 Å². The predicted octanol–water partition coefficient (Wildman–Crippen LogP) is 4.62. The van der Waals surface area contributed by atoms with Gasteiger partial charge in [-0.05, 0) is 56.2 Å². The van der Waals surface area contributed by atoms with E-state index in [0.717, 1.165) is 43.4 Å². The minimum atomic E-state index is -0.926. The fraction of sp³-hybridized carbons (Fsp3) is 0.579. The topological polar surface area (TPSA) is 29.6 Å². The second kappa shape index (κ2) is 6.67. The molecule has 1 aromatic carbocycles. The summed E-state index contributed by atoms with van der Waals surface area (Å²) in [6, 6.07) is 9.92. The first-order chi connectivity index (χ1) is 10.7. The number of fused-ring (bicyclic) bond motifs is 1. The van der Waals surface area contributed by atoms with Crippen molar-refractivity contribution in [1.82, 2.24) is 0 Å². The maximum atomic E-state index is 13.0. The Bertz CT molecular complexity index is 566. The van der Waals surface area contributed by atoms with Crippen molar-refractivity contribution in [2.45, 2.75) is 74.2 Å². The van der Waals surface area contributed by atoms with Crippen LogP contribution in [0.15, 0.2) is 46.9 Å². The molecule has 0 radical (unpaired) electrons. The normalized spacial score (nSPS) is 34.5. The van der Waals surface area contributed by atoms with E-state index in [4.69, 9.17) is 4.74 Å². The highest BCUT2D eigenvalue weighted by atomic mass is 32.2. The van der Waals surface area contributed by atoms with Crippen LogP contribution in [0.5, 0.6) is 0 Å². The number of hydrogen-bond acceptors (Lipinski definition) is 2. The summed E-state index contributed by atoms with van der Waals surface area (Å²) in [4.78, 5) is 0.961. The number of epoxide rings is 1. The minimum Gasteiger partial charge on any atom is -0.361 e. The van der Waals surface area contributed by atoms with Gasteiger partial charge in [0.2, 0.25) is 0 Å². The van der Waals surface area contributed by atoms with Crippen LogP contribution in [0, 0.1) is 0 Å². The Morgan fingerprint density at radius 3 is 2.73 bits per heavy atom. The molecule has 0 N–H and O–H groups in total. The van der Waals surface area contributed by atoms with Gasteiger partial charge >= 0.3 is 0 Å². The van der Waals surface area contributed by atoms with Crippen LogP contribution in [0.1, 0.15) is 52.4 Å². The molecule has 1 saturated heterocycles. The van der Waals surface area contributed by atoms with Gasteiger partial charge < -0.3 is 4.74 Å². The molecule has 2 fully saturated rings. The number of benzene rings is 1. The van der Waals surface area contributed by atoms with Gasteiger partial charge in [-0.3, -0.25) is 4.21 Å². The van der Waals surface area contributed by atoms with E-state index in [1.165, 1.54) is 5.57 Å². The summed E-state index contributed by atoms with van der Waals surface area (Å²) in [5.41, 5.74) is 1.37. The van der Waals surface area contributed by atoms with Crippen LogP contribution < -0.4 is 0 Å². The fourth-order valence-electron chi connectivity index (χ4n) is 3.82. The molecule has 1 aromatic rings.